The summed E-state index contributed by atoms with van der Waals surface area (Å²) in [7, 11) is 1.65. The largest absolute Gasteiger partial charge is 0.392 e. The molecule has 0 radical (unpaired) electrons. The van der Waals surface area contributed by atoms with Gasteiger partial charge in [-0.05, 0) is 25.7 Å². The molecule has 0 amide bonds. The van der Waals surface area contributed by atoms with Crippen molar-refractivity contribution >= 4 is 0 Å². The lowest BCUT2D eigenvalue weighted by atomic mass is 10.1. The first-order chi connectivity index (χ1) is 8.26. The zero-order chi connectivity index (χ0) is 12.3. The van der Waals surface area contributed by atoms with Crippen LogP contribution < -0.4 is 0 Å². The summed E-state index contributed by atoms with van der Waals surface area (Å²) in [4.78, 5) is 4.37. The highest BCUT2D eigenvalue weighted by Gasteiger charge is 2.32. The Labute approximate surface area is 101 Å². The standard InChI is InChI=1S/C12H20N2O3/c1-3-5-10(16-2)11-13-12(17-14-11)8-6-4-7-9(8)15/h8-10,15H,3-7H2,1-2H3. The molecule has 0 bridgehead atoms. The van der Waals surface area contributed by atoms with E-state index in [9.17, 15) is 5.11 Å². The van der Waals surface area contributed by atoms with Crippen LogP contribution in [0.1, 0.15) is 62.8 Å². The fourth-order valence-corrected chi connectivity index (χ4v) is 2.37. The van der Waals surface area contributed by atoms with E-state index in [1.54, 1.807) is 7.11 Å². The highest BCUT2D eigenvalue weighted by atomic mass is 16.5. The van der Waals surface area contributed by atoms with Crippen molar-refractivity contribution < 1.29 is 14.4 Å². The summed E-state index contributed by atoms with van der Waals surface area (Å²) >= 11 is 0. The van der Waals surface area contributed by atoms with Crippen LogP contribution in [-0.4, -0.2) is 28.5 Å². The van der Waals surface area contributed by atoms with Gasteiger partial charge in [0.05, 0.1) is 12.0 Å². The van der Waals surface area contributed by atoms with Crippen molar-refractivity contribution in [3.05, 3.63) is 11.7 Å². The van der Waals surface area contributed by atoms with Gasteiger partial charge in [0.1, 0.15) is 6.10 Å². The van der Waals surface area contributed by atoms with Crippen LogP contribution in [0.3, 0.4) is 0 Å². The second-order valence-corrected chi connectivity index (χ2v) is 4.61. The van der Waals surface area contributed by atoms with Gasteiger partial charge < -0.3 is 14.4 Å². The normalized spacial score (nSPS) is 26.3. The molecule has 96 valence electrons. The Bertz CT molecular complexity index is 353. The number of aromatic nitrogens is 2. The molecule has 3 atom stereocenters. The van der Waals surface area contributed by atoms with Crippen molar-refractivity contribution in [3.8, 4) is 0 Å². The van der Waals surface area contributed by atoms with Gasteiger partial charge in [-0.25, -0.2) is 0 Å². The minimum absolute atomic E-state index is 0.00961. The molecule has 0 saturated heterocycles. The summed E-state index contributed by atoms with van der Waals surface area (Å²) in [6, 6.07) is 0. The van der Waals surface area contributed by atoms with Crippen molar-refractivity contribution in [2.45, 2.75) is 57.2 Å². The number of aliphatic hydroxyl groups is 1. The summed E-state index contributed by atoms with van der Waals surface area (Å²) in [5.41, 5.74) is 0. The Morgan fingerprint density at radius 3 is 2.94 bits per heavy atom. The predicted octanol–water partition coefficient (Wildman–Crippen LogP) is 2.19. The fourth-order valence-electron chi connectivity index (χ4n) is 2.37. The van der Waals surface area contributed by atoms with Gasteiger partial charge in [0.15, 0.2) is 0 Å². The number of nitrogens with zero attached hydrogens (tertiary/aromatic N) is 2. The quantitative estimate of drug-likeness (QED) is 0.854. The van der Waals surface area contributed by atoms with Crippen LogP contribution in [0.5, 0.6) is 0 Å². The zero-order valence-electron chi connectivity index (χ0n) is 10.4. The van der Waals surface area contributed by atoms with Gasteiger partial charge in [-0.3, -0.25) is 0 Å². The molecule has 2 rings (SSSR count). The van der Waals surface area contributed by atoms with Crippen LogP contribution in [0.15, 0.2) is 4.52 Å². The van der Waals surface area contributed by atoms with E-state index in [1.165, 1.54) is 0 Å². The van der Waals surface area contributed by atoms with E-state index in [1.807, 2.05) is 0 Å². The summed E-state index contributed by atoms with van der Waals surface area (Å²) in [6.07, 6.45) is 4.22. The topological polar surface area (TPSA) is 68.4 Å². The lowest BCUT2D eigenvalue weighted by Gasteiger charge is -2.09. The summed E-state index contributed by atoms with van der Waals surface area (Å²) < 4.78 is 10.6. The molecule has 3 unspecified atom stereocenters. The van der Waals surface area contributed by atoms with Crippen LogP contribution in [0, 0.1) is 0 Å². The van der Waals surface area contributed by atoms with Crippen LogP contribution in [0.4, 0.5) is 0 Å². The first kappa shape index (κ1) is 12.5. The molecule has 1 fully saturated rings. The summed E-state index contributed by atoms with van der Waals surface area (Å²) in [5.74, 6) is 1.17. The van der Waals surface area contributed by atoms with Crippen molar-refractivity contribution in [2.24, 2.45) is 0 Å². The number of hydrogen-bond acceptors (Lipinski definition) is 5. The minimum Gasteiger partial charge on any atom is -0.392 e. The van der Waals surface area contributed by atoms with E-state index in [0.717, 1.165) is 32.1 Å². The van der Waals surface area contributed by atoms with Gasteiger partial charge in [0, 0.05) is 7.11 Å². The molecule has 1 N–H and O–H groups in total. The van der Waals surface area contributed by atoms with Gasteiger partial charge in [-0.15, -0.1) is 0 Å². The highest BCUT2D eigenvalue weighted by molar-refractivity contribution is 5.01. The molecule has 1 aliphatic rings. The highest BCUT2D eigenvalue weighted by Crippen LogP contribution is 2.34. The number of aliphatic hydroxyl groups excluding tert-OH is 1. The maximum atomic E-state index is 9.79. The zero-order valence-corrected chi connectivity index (χ0v) is 10.4. The van der Waals surface area contributed by atoms with Gasteiger partial charge >= 0.3 is 0 Å². The molecule has 0 spiro atoms. The fraction of sp³-hybridized carbons (Fsp3) is 0.833. The first-order valence-electron chi connectivity index (χ1n) is 6.30. The van der Waals surface area contributed by atoms with Crippen molar-refractivity contribution in [3.63, 3.8) is 0 Å². The summed E-state index contributed by atoms with van der Waals surface area (Å²) in [5, 5.41) is 13.8. The SMILES string of the molecule is CCCC(OC)c1noc(C2CCCC2O)n1. The number of hydrogen-bond donors (Lipinski definition) is 1. The van der Waals surface area contributed by atoms with E-state index in [0.29, 0.717) is 11.7 Å². The molecule has 17 heavy (non-hydrogen) atoms. The molecule has 1 aromatic heterocycles. The van der Waals surface area contributed by atoms with E-state index < -0.39 is 0 Å². The lowest BCUT2D eigenvalue weighted by molar-refractivity contribution is 0.0854. The molecule has 5 heteroatoms. The third-order valence-corrected chi connectivity index (χ3v) is 3.38. The van der Waals surface area contributed by atoms with Crippen LogP contribution >= 0.6 is 0 Å². The molecule has 0 aliphatic heterocycles. The first-order valence-corrected chi connectivity index (χ1v) is 6.30. The third kappa shape index (κ3) is 2.66. The molecule has 5 nitrogen and oxygen atoms in total. The lowest BCUT2D eigenvalue weighted by Crippen LogP contribution is -2.11. The van der Waals surface area contributed by atoms with Crippen LogP contribution in [-0.2, 0) is 4.74 Å². The maximum Gasteiger partial charge on any atom is 0.232 e. The molecular weight excluding hydrogens is 220 g/mol. The minimum atomic E-state index is -0.338. The third-order valence-electron chi connectivity index (χ3n) is 3.38. The maximum absolute atomic E-state index is 9.79. The van der Waals surface area contributed by atoms with E-state index in [2.05, 4.69) is 17.1 Å². The molecule has 1 saturated carbocycles. The van der Waals surface area contributed by atoms with Crippen LogP contribution in [0.25, 0.3) is 0 Å². The average molecular weight is 240 g/mol. The van der Waals surface area contributed by atoms with Gasteiger partial charge in [0.2, 0.25) is 11.7 Å². The molecule has 1 aromatic rings. The number of methoxy groups -OCH3 is 1. The molecule has 1 heterocycles. The monoisotopic (exact) mass is 240 g/mol. The Morgan fingerprint density at radius 1 is 1.53 bits per heavy atom. The van der Waals surface area contributed by atoms with Gasteiger partial charge in [0.25, 0.3) is 0 Å². The summed E-state index contributed by atoms with van der Waals surface area (Å²) in [6.45, 7) is 2.09. The smallest absolute Gasteiger partial charge is 0.232 e. The van der Waals surface area contributed by atoms with E-state index in [4.69, 9.17) is 9.26 Å². The molecule has 0 aromatic carbocycles. The predicted molar refractivity (Wildman–Crippen MR) is 61.6 cm³/mol. The van der Waals surface area contributed by atoms with E-state index >= 15 is 0 Å². The Morgan fingerprint density at radius 2 is 2.35 bits per heavy atom. The van der Waals surface area contributed by atoms with Crippen LogP contribution in [0.2, 0.25) is 0 Å². The van der Waals surface area contributed by atoms with Crippen molar-refractivity contribution in [1.29, 1.82) is 0 Å². The van der Waals surface area contributed by atoms with Crippen molar-refractivity contribution in [2.75, 3.05) is 7.11 Å². The number of ether oxygens (including phenoxy) is 1. The molecule has 1 aliphatic carbocycles. The van der Waals surface area contributed by atoms with Crippen molar-refractivity contribution in [1.82, 2.24) is 10.1 Å². The second-order valence-electron chi connectivity index (χ2n) is 4.61. The number of rotatable bonds is 5. The average Bonchev–Trinajstić information content (AvgIpc) is 2.94. The van der Waals surface area contributed by atoms with Gasteiger partial charge in [-0.1, -0.05) is 18.5 Å². The van der Waals surface area contributed by atoms with Gasteiger partial charge in [-0.2, -0.15) is 4.98 Å². The second kappa shape index (κ2) is 5.60. The Hall–Kier alpha value is -0.940. The Kier molecular flexibility index (Phi) is 4.12. The van der Waals surface area contributed by atoms with E-state index in [-0.39, 0.29) is 18.1 Å². The Balaban J connectivity index is 2.09. The molecular formula is C12H20N2O3.